The number of hydrogen-bond acceptors (Lipinski definition) is 4. The molecule has 2 N–H and O–H groups in total. The van der Waals surface area contributed by atoms with Crippen LogP contribution in [-0.2, 0) is 19.4 Å². The van der Waals surface area contributed by atoms with E-state index >= 15 is 0 Å². The fraction of sp³-hybridized carbons (Fsp3) is 0.615. The summed E-state index contributed by atoms with van der Waals surface area (Å²) in [6, 6.07) is 0. The topological polar surface area (TPSA) is 75.1 Å². The van der Waals surface area contributed by atoms with Crippen molar-refractivity contribution >= 4 is 5.97 Å². The van der Waals surface area contributed by atoms with E-state index in [4.69, 9.17) is 0 Å². The van der Waals surface area contributed by atoms with Crippen molar-refractivity contribution in [3.05, 3.63) is 22.8 Å². The number of aromatic nitrogens is 2. The van der Waals surface area contributed by atoms with E-state index in [2.05, 4.69) is 29.1 Å². The van der Waals surface area contributed by atoms with E-state index in [1.54, 1.807) is 0 Å². The zero-order valence-electron chi connectivity index (χ0n) is 10.9. The van der Waals surface area contributed by atoms with Crippen molar-refractivity contribution in [1.82, 2.24) is 15.3 Å². The fourth-order valence-electron chi connectivity index (χ4n) is 2.12. The van der Waals surface area contributed by atoms with Crippen LogP contribution in [0.3, 0.4) is 0 Å². The number of nitrogens with zero attached hydrogens (tertiary/aromatic N) is 2. The molecule has 98 valence electrons. The lowest BCUT2D eigenvalue weighted by molar-refractivity contribution is 0.0688. The molecule has 0 aromatic carbocycles. The molecule has 0 unspecified atom stereocenters. The van der Waals surface area contributed by atoms with Gasteiger partial charge < -0.3 is 10.4 Å². The normalized spacial score (nSPS) is 14.6. The number of aromatic carboxylic acids is 1. The Balaban J connectivity index is 2.32. The van der Waals surface area contributed by atoms with E-state index in [-0.39, 0.29) is 5.69 Å². The van der Waals surface area contributed by atoms with Gasteiger partial charge in [0, 0.05) is 18.5 Å². The van der Waals surface area contributed by atoms with E-state index < -0.39 is 5.97 Å². The molecule has 0 radical (unpaired) electrons. The van der Waals surface area contributed by atoms with E-state index in [1.807, 2.05) is 0 Å². The van der Waals surface area contributed by atoms with Gasteiger partial charge in [-0.2, -0.15) is 0 Å². The third kappa shape index (κ3) is 2.85. The smallest absolute Gasteiger partial charge is 0.354 e. The molecule has 1 aliphatic rings. The zero-order chi connectivity index (χ0) is 13.1. The molecule has 0 atom stereocenters. The maximum Gasteiger partial charge on any atom is 0.354 e. The number of carbonyl (C=O) groups is 1. The second kappa shape index (κ2) is 5.44. The van der Waals surface area contributed by atoms with Crippen LogP contribution in [0.5, 0.6) is 0 Å². The molecule has 18 heavy (non-hydrogen) atoms. The lowest BCUT2D eigenvalue weighted by Gasteiger charge is -2.18. The van der Waals surface area contributed by atoms with Crippen molar-refractivity contribution in [2.24, 2.45) is 5.92 Å². The standard InChI is InChI=1S/C13H19N3O2/c1-8(2)3-4-11-15-10-7-14-6-5-9(10)12(16-11)13(17)18/h8,14H,3-7H2,1-2H3,(H,17,18). The number of carboxylic acids is 1. The highest BCUT2D eigenvalue weighted by molar-refractivity contribution is 5.87. The van der Waals surface area contributed by atoms with E-state index in [0.717, 1.165) is 30.6 Å². The van der Waals surface area contributed by atoms with Crippen LogP contribution in [0.1, 0.15) is 47.8 Å². The minimum absolute atomic E-state index is 0.195. The fourth-order valence-corrected chi connectivity index (χ4v) is 2.12. The Morgan fingerprint density at radius 3 is 2.89 bits per heavy atom. The first-order valence-corrected chi connectivity index (χ1v) is 6.40. The Hall–Kier alpha value is -1.49. The van der Waals surface area contributed by atoms with Crippen molar-refractivity contribution < 1.29 is 9.90 Å². The van der Waals surface area contributed by atoms with Gasteiger partial charge in [0.15, 0.2) is 5.69 Å². The Labute approximate surface area is 107 Å². The van der Waals surface area contributed by atoms with Gasteiger partial charge in [-0.3, -0.25) is 0 Å². The first-order chi connectivity index (χ1) is 8.58. The second-order valence-corrected chi connectivity index (χ2v) is 5.08. The molecule has 2 rings (SSSR count). The van der Waals surface area contributed by atoms with Crippen LogP contribution in [0.25, 0.3) is 0 Å². The van der Waals surface area contributed by atoms with Gasteiger partial charge in [0.1, 0.15) is 5.82 Å². The number of fused-ring (bicyclic) bond motifs is 1. The summed E-state index contributed by atoms with van der Waals surface area (Å²) in [5, 5.41) is 12.4. The van der Waals surface area contributed by atoms with Gasteiger partial charge >= 0.3 is 5.97 Å². The van der Waals surface area contributed by atoms with E-state index in [9.17, 15) is 9.90 Å². The summed E-state index contributed by atoms with van der Waals surface area (Å²) in [5.74, 6) is 0.279. The number of aryl methyl sites for hydroxylation is 1. The largest absolute Gasteiger partial charge is 0.477 e. The van der Waals surface area contributed by atoms with Crippen LogP contribution in [-0.4, -0.2) is 27.6 Å². The maximum absolute atomic E-state index is 11.3. The summed E-state index contributed by atoms with van der Waals surface area (Å²) in [5.41, 5.74) is 1.85. The SMILES string of the molecule is CC(C)CCc1nc2c(c(C(=O)O)n1)CCNC2. The predicted molar refractivity (Wildman–Crippen MR) is 67.6 cm³/mol. The molecule has 2 heterocycles. The number of nitrogens with one attached hydrogen (secondary N) is 1. The van der Waals surface area contributed by atoms with Gasteiger partial charge in [0.2, 0.25) is 0 Å². The first-order valence-electron chi connectivity index (χ1n) is 6.40. The highest BCUT2D eigenvalue weighted by Crippen LogP contribution is 2.17. The average Bonchev–Trinajstić information content (AvgIpc) is 2.35. The monoisotopic (exact) mass is 249 g/mol. The average molecular weight is 249 g/mol. The molecule has 1 aromatic heterocycles. The second-order valence-electron chi connectivity index (χ2n) is 5.08. The van der Waals surface area contributed by atoms with Gasteiger partial charge in [-0.15, -0.1) is 0 Å². The summed E-state index contributed by atoms with van der Waals surface area (Å²) in [6.07, 6.45) is 2.41. The minimum atomic E-state index is -0.943. The van der Waals surface area contributed by atoms with Crippen molar-refractivity contribution in [3.63, 3.8) is 0 Å². The van der Waals surface area contributed by atoms with Gasteiger partial charge in [0.05, 0.1) is 5.69 Å². The molecule has 0 saturated carbocycles. The number of carboxylic acid groups (broad SMARTS) is 1. The van der Waals surface area contributed by atoms with Crippen LogP contribution >= 0.6 is 0 Å². The summed E-state index contributed by atoms with van der Waals surface area (Å²) >= 11 is 0. The number of rotatable bonds is 4. The lowest BCUT2D eigenvalue weighted by Crippen LogP contribution is -2.28. The van der Waals surface area contributed by atoms with Crippen LogP contribution in [0.4, 0.5) is 0 Å². The van der Waals surface area contributed by atoms with E-state index in [0.29, 0.717) is 24.7 Å². The van der Waals surface area contributed by atoms with Gasteiger partial charge in [0.25, 0.3) is 0 Å². The van der Waals surface area contributed by atoms with Crippen LogP contribution in [0.2, 0.25) is 0 Å². The highest BCUT2D eigenvalue weighted by atomic mass is 16.4. The van der Waals surface area contributed by atoms with Crippen molar-refractivity contribution in [2.75, 3.05) is 6.54 Å². The molecular formula is C13H19N3O2. The lowest BCUT2D eigenvalue weighted by atomic mass is 10.0. The molecular weight excluding hydrogens is 230 g/mol. The Bertz CT molecular complexity index is 458. The molecule has 0 fully saturated rings. The van der Waals surface area contributed by atoms with Crippen molar-refractivity contribution in [2.45, 2.75) is 39.7 Å². The summed E-state index contributed by atoms with van der Waals surface area (Å²) < 4.78 is 0. The predicted octanol–water partition coefficient (Wildman–Crippen LogP) is 1.41. The van der Waals surface area contributed by atoms with Crippen molar-refractivity contribution in [1.29, 1.82) is 0 Å². The van der Waals surface area contributed by atoms with Gasteiger partial charge in [-0.25, -0.2) is 14.8 Å². The number of hydrogen-bond donors (Lipinski definition) is 2. The molecule has 5 nitrogen and oxygen atoms in total. The highest BCUT2D eigenvalue weighted by Gasteiger charge is 2.21. The van der Waals surface area contributed by atoms with Gasteiger partial charge in [-0.05, 0) is 25.3 Å². The first kappa shape index (κ1) is 13.0. The molecule has 0 aliphatic carbocycles. The minimum Gasteiger partial charge on any atom is -0.477 e. The van der Waals surface area contributed by atoms with Crippen LogP contribution in [0.15, 0.2) is 0 Å². The Morgan fingerprint density at radius 2 is 2.22 bits per heavy atom. The molecule has 1 aliphatic heterocycles. The summed E-state index contributed by atoms with van der Waals surface area (Å²) in [7, 11) is 0. The quantitative estimate of drug-likeness (QED) is 0.843. The molecule has 0 bridgehead atoms. The third-order valence-electron chi connectivity index (χ3n) is 3.13. The molecule has 0 spiro atoms. The van der Waals surface area contributed by atoms with Crippen LogP contribution < -0.4 is 5.32 Å². The van der Waals surface area contributed by atoms with Gasteiger partial charge in [-0.1, -0.05) is 13.8 Å². The molecule has 1 aromatic rings. The van der Waals surface area contributed by atoms with Crippen LogP contribution in [0, 0.1) is 5.92 Å². The van der Waals surface area contributed by atoms with Crippen molar-refractivity contribution in [3.8, 4) is 0 Å². The molecule has 5 heteroatoms. The molecule has 0 amide bonds. The Kier molecular flexibility index (Phi) is 3.91. The maximum atomic E-state index is 11.3. The summed E-state index contributed by atoms with van der Waals surface area (Å²) in [4.78, 5) is 20.0. The summed E-state index contributed by atoms with van der Waals surface area (Å²) in [6.45, 7) is 5.71. The van der Waals surface area contributed by atoms with E-state index in [1.165, 1.54) is 0 Å². The Morgan fingerprint density at radius 1 is 1.44 bits per heavy atom. The molecule has 0 saturated heterocycles. The zero-order valence-corrected chi connectivity index (χ0v) is 10.9. The third-order valence-corrected chi connectivity index (χ3v) is 3.13.